The third-order valence-corrected chi connectivity index (χ3v) is 7.49. The lowest BCUT2D eigenvalue weighted by molar-refractivity contribution is -0.143. The largest absolute Gasteiger partial charge is 0.423 e. The van der Waals surface area contributed by atoms with Crippen LogP contribution in [0, 0.1) is 23.7 Å². The van der Waals surface area contributed by atoms with E-state index in [-0.39, 0.29) is 45.1 Å². The predicted octanol–water partition coefficient (Wildman–Crippen LogP) is 8.72. The van der Waals surface area contributed by atoms with Crippen LogP contribution < -0.4 is 23.7 Å². The van der Waals surface area contributed by atoms with Gasteiger partial charge in [0.15, 0.2) is 11.5 Å². The van der Waals surface area contributed by atoms with Crippen LogP contribution in [-0.4, -0.2) is 42.2 Å². The number of hydrogen-bond acceptors (Lipinski definition) is 10. The van der Waals surface area contributed by atoms with E-state index >= 15 is 0 Å². The molecule has 4 aromatic carbocycles. The van der Waals surface area contributed by atoms with Crippen molar-refractivity contribution in [3.05, 3.63) is 161 Å². The maximum absolute atomic E-state index is 13.3. The molecule has 0 saturated carbocycles. The summed E-state index contributed by atoms with van der Waals surface area (Å²) in [7, 11) is 0. The van der Waals surface area contributed by atoms with Crippen LogP contribution >= 0.6 is 0 Å². The second-order valence-electron chi connectivity index (χ2n) is 12.4. The molecule has 0 aliphatic rings. The number of halogens is 6. The molecule has 0 aliphatic heterocycles. The van der Waals surface area contributed by atoms with Gasteiger partial charge in [-0.2, -0.15) is 26.3 Å². The highest BCUT2D eigenvalue weighted by molar-refractivity contribution is 5.95. The van der Waals surface area contributed by atoms with E-state index in [1.165, 1.54) is 98.8 Å². The highest BCUT2D eigenvalue weighted by Crippen LogP contribution is 2.41. The zero-order valence-corrected chi connectivity index (χ0v) is 31.8. The summed E-state index contributed by atoms with van der Waals surface area (Å²) in [5, 5.41) is 0. The molecule has 0 radical (unpaired) electrons. The summed E-state index contributed by atoms with van der Waals surface area (Å²) in [6.07, 6.45) is -9.93. The monoisotopic (exact) mass is 842 g/mol. The van der Waals surface area contributed by atoms with Gasteiger partial charge >= 0.3 is 42.2 Å². The molecule has 0 unspecified atom stereocenters. The predicted molar refractivity (Wildman–Crippen MR) is 205 cm³/mol. The van der Waals surface area contributed by atoms with Crippen molar-refractivity contribution >= 4 is 29.8 Å². The Labute approximate surface area is 343 Å². The average Bonchev–Trinajstić information content (AvgIpc) is 3.20. The van der Waals surface area contributed by atoms with Crippen molar-refractivity contribution in [1.82, 2.24) is 0 Å². The topological polar surface area (TPSA) is 132 Å². The SMILES string of the molecule is C=C(C)C(=O)Oc1c(C#Cc2ccc(OC(=O)C(=C)C(F)(F)F)cc2)ccc(OC(=O)c2ccc(C#Cc3ccc(OC(=O)C(=C)C(F)(F)F)cc3)cc2)c1OC(=O)C(=C)C. The minimum Gasteiger partial charge on any atom is -0.423 e. The smallest absolute Gasteiger partial charge is 0.422 e. The molecule has 0 aliphatic carbocycles. The summed E-state index contributed by atoms with van der Waals surface area (Å²) in [6.45, 7) is 15.1. The summed E-state index contributed by atoms with van der Waals surface area (Å²) < 4.78 is 102. The first kappa shape index (κ1) is 45.6. The second kappa shape index (κ2) is 19.1. The molecule has 0 spiro atoms. The van der Waals surface area contributed by atoms with Crippen LogP contribution in [-0.2, 0) is 19.2 Å². The quantitative estimate of drug-likeness (QED) is 0.0502. The summed E-state index contributed by atoms with van der Waals surface area (Å²) in [4.78, 5) is 62.3. The van der Waals surface area contributed by atoms with Gasteiger partial charge in [-0.05, 0) is 98.8 Å². The molecular formula is C45H28F6O10. The van der Waals surface area contributed by atoms with E-state index in [2.05, 4.69) is 54.7 Å². The van der Waals surface area contributed by atoms with Crippen molar-refractivity contribution < 1.29 is 74.0 Å². The zero-order chi connectivity index (χ0) is 45.2. The van der Waals surface area contributed by atoms with Crippen LogP contribution in [0.5, 0.6) is 28.7 Å². The number of benzene rings is 4. The summed E-state index contributed by atoms with van der Waals surface area (Å²) in [5.41, 5.74) is -2.54. The lowest BCUT2D eigenvalue weighted by Crippen LogP contribution is -2.23. The maximum Gasteiger partial charge on any atom is 0.422 e. The van der Waals surface area contributed by atoms with Gasteiger partial charge in [-0.25, -0.2) is 24.0 Å². The molecule has 10 nitrogen and oxygen atoms in total. The molecule has 0 aromatic heterocycles. The maximum atomic E-state index is 13.3. The van der Waals surface area contributed by atoms with Crippen LogP contribution in [0.2, 0.25) is 0 Å². The fourth-order valence-electron chi connectivity index (χ4n) is 4.19. The minimum absolute atomic E-state index is 0.00413. The van der Waals surface area contributed by atoms with Gasteiger partial charge in [0.1, 0.15) is 22.6 Å². The van der Waals surface area contributed by atoms with Crippen molar-refractivity contribution in [3.8, 4) is 52.4 Å². The molecule has 4 rings (SSSR count). The molecule has 61 heavy (non-hydrogen) atoms. The van der Waals surface area contributed by atoms with Crippen molar-refractivity contribution in [2.75, 3.05) is 0 Å². The van der Waals surface area contributed by atoms with E-state index in [9.17, 15) is 50.3 Å². The van der Waals surface area contributed by atoms with Gasteiger partial charge in [-0.1, -0.05) is 50.0 Å². The van der Waals surface area contributed by atoms with Gasteiger partial charge in [0.25, 0.3) is 0 Å². The highest BCUT2D eigenvalue weighted by atomic mass is 19.4. The van der Waals surface area contributed by atoms with Crippen LogP contribution in [0.1, 0.15) is 46.5 Å². The third kappa shape index (κ3) is 12.7. The molecule has 0 fully saturated rings. The van der Waals surface area contributed by atoms with Crippen LogP contribution in [0.25, 0.3) is 0 Å². The molecule has 0 bridgehead atoms. The number of hydrogen-bond donors (Lipinski definition) is 0. The molecule has 16 heteroatoms. The lowest BCUT2D eigenvalue weighted by atomic mass is 10.1. The van der Waals surface area contributed by atoms with Gasteiger partial charge < -0.3 is 23.7 Å². The molecule has 310 valence electrons. The molecule has 0 N–H and O–H groups in total. The van der Waals surface area contributed by atoms with Crippen LogP contribution in [0.15, 0.2) is 134 Å². The van der Waals surface area contributed by atoms with Crippen molar-refractivity contribution in [1.29, 1.82) is 0 Å². The molecule has 0 atom stereocenters. The Morgan fingerprint density at radius 1 is 0.459 bits per heavy atom. The van der Waals surface area contributed by atoms with Gasteiger partial charge in [0.05, 0.1) is 11.1 Å². The van der Waals surface area contributed by atoms with Gasteiger partial charge in [0, 0.05) is 27.8 Å². The first-order valence-corrected chi connectivity index (χ1v) is 17.0. The summed E-state index contributed by atoms with van der Waals surface area (Å²) in [5.74, 6) is 3.02. The van der Waals surface area contributed by atoms with Gasteiger partial charge in [-0.15, -0.1) is 0 Å². The highest BCUT2D eigenvalue weighted by Gasteiger charge is 2.39. The Hall–Kier alpha value is -8.11. The van der Waals surface area contributed by atoms with Gasteiger partial charge in [0.2, 0.25) is 5.75 Å². The first-order chi connectivity index (χ1) is 28.5. The lowest BCUT2D eigenvalue weighted by Gasteiger charge is -2.16. The number of rotatable bonds is 10. The van der Waals surface area contributed by atoms with Crippen LogP contribution in [0.3, 0.4) is 0 Å². The Morgan fingerprint density at radius 2 is 0.836 bits per heavy atom. The fourth-order valence-corrected chi connectivity index (χ4v) is 4.19. The number of esters is 5. The normalized spacial score (nSPS) is 10.6. The molecule has 4 aromatic rings. The molecule has 0 saturated heterocycles. The second-order valence-corrected chi connectivity index (χ2v) is 12.4. The Kier molecular flexibility index (Phi) is 14.3. The van der Waals surface area contributed by atoms with Crippen molar-refractivity contribution in [2.45, 2.75) is 26.2 Å². The average molecular weight is 843 g/mol. The molecule has 0 heterocycles. The molecule has 0 amide bonds. The summed E-state index contributed by atoms with van der Waals surface area (Å²) in [6, 6.07) is 18.4. The van der Waals surface area contributed by atoms with E-state index in [1.54, 1.807) is 0 Å². The van der Waals surface area contributed by atoms with Crippen molar-refractivity contribution in [3.63, 3.8) is 0 Å². The molecular weight excluding hydrogens is 814 g/mol. The van der Waals surface area contributed by atoms with E-state index in [1.807, 2.05) is 0 Å². The number of carbonyl (C=O) groups excluding carboxylic acids is 5. The first-order valence-electron chi connectivity index (χ1n) is 17.0. The number of carbonyl (C=O) groups is 5. The Balaban J connectivity index is 1.59. The van der Waals surface area contributed by atoms with E-state index in [4.69, 9.17) is 18.9 Å². The van der Waals surface area contributed by atoms with E-state index in [0.29, 0.717) is 11.1 Å². The van der Waals surface area contributed by atoms with Crippen molar-refractivity contribution in [2.24, 2.45) is 0 Å². The summed E-state index contributed by atoms with van der Waals surface area (Å²) >= 11 is 0. The van der Waals surface area contributed by atoms with Crippen LogP contribution in [0.4, 0.5) is 26.3 Å². The Bertz CT molecular complexity index is 2600. The zero-order valence-electron chi connectivity index (χ0n) is 31.8. The van der Waals surface area contributed by atoms with E-state index < -0.39 is 64.8 Å². The third-order valence-electron chi connectivity index (χ3n) is 7.49. The van der Waals surface area contributed by atoms with E-state index in [0.717, 1.165) is 0 Å². The Morgan fingerprint density at radius 3 is 1.23 bits per heavy atom. The number of ether oxygens (including phenoxy) is 5. The fraction of sp³-hybridized carbons (Fsp3) is 0.0889. The number of alkyl halides is 6. The minimum atomic E-state index is -4.99. The van der Waals surface area contributed by atoms with Gasteiger partial charge in [-0.3, -0.25) is 0 Å². The standard InChI is InChI=1S/C45H28F6O10/c1-25(2)39(52)60-37-32(16-9-31-14-22-35(23-15-31)58-42(55)28(6)45(49,50)51)19-24-36(38(37)61-40(53)26(3)4)59-43(56)33-17-10-29(11-18-33)7-8-30-12-20-34(21-13-30)57-41(54)27(5)44(46,47)48/h10-15,17-24H,1,3,5-6H2,2,4H3.